The van der Waals surface area contributed by atoms with E-state index in [1.165, 1.54) is 6.20 Å². The van der Waals surface area contributed by atoms with Crippen molar-refractivity contribution in [2.75, 3.05) is 19.5 Å². The number of halogens is 1. The summed E-state index contributed by atoms with van der Waals surface area (Å²) in [4.78, 5) is 16.6. The van der Waals surface area contributed by atoms with Crippen LogP contribution in [0.5, 0.6) is 11.5 Å². The van der Waals surface area contributed by atoms with Crippen LogP contribution in [0.1, 0.15) is 15.9 Å². The first-order chi connectivity index (χ1) is 13.6. The lowest BCUT2D eigenvalue weighted by Crippen LogP contribution is -2.22. The van der Waals surface area contributed by atoms with Gasteiger partial charge in [0.25, 0.3) is 5.91 Å². The van der Waals surface area contributed by atoms with E-state index >= 15 is 0 Å². The molecule has 0 spiro atoms. The number of rotatable bonds is 7. The van der Waals surface area contributed by atoms with E-state index in [1.807, 2.05) is 30.3 Å². The van der Waals surface area contributed by atoms with E-state index in [2.05, 4.69) is 15.6 Å². The summed E-state index contributed by atoms with van der Waals surface area (Å²) >= 11 is 6.12. The maximum Gasteiger partial charge on any atom is 0.253 e. The van der Waals surface area contributed by atoms with Gasteiger partial charge in [-0.2, -0.15) is 0 Å². The van der Waals surface area contributed by atoms with Crippen LogP contribution < -0.4 is 20.1 Å². The summed E-state index contributed by atoms with van der Waals surface area (Å²) in [7, 11) is 3.18. The minimum atomic E-state index is -0.192. The number of hydrogen-bond donors (Lipinski definition) is 2. The quantitative estimate of drug-likeness (QED) is 0.617. The number of ether oxygens (including phenoxy) is 2. The van der Waals surface area contributed by atoms with Gasteiger partial charge in [-0.3, -0.25) is 4.79 Å². The van der Waals surface area contributed by atoms with E-state index in [1.54, 1.807) is 38.5 Å². The van der Waals surface area contributed by atoms with E-state index in [9.17, 15) is 4.79 Å². The van der Waals surface area contributed by atoms with Gasteiger partial charge in [0.05, 0.1) is 24.8 Å². The van der Waals surface area contributed by atoms with Crippen LogP contribution in [-0.4, -0.2) is 25.1 Å². The highest BCUT2D eigenvalue weighted by Gasteiger charge is 2.07. The third-order valence-electron chi connectivity index (χ3n) is 4.06. The number of nitrogens with zero attached hydrogens (tertiary/aromatic N) is 1. The van der Waals surface area contributed by atoms with Crippen molar-refractivity contribution in [3.05, 3.63) is 76.9 Å². The fourth-order valence-electron chi connectivity index (χ4n) is 2.52. The Hall–Kier alpha value is -3.25. The molecule has 1 aromatic heterocycles. The number of anilines is 2. The van der Waals surface area contributed by atoms with Crippen LogP contribution >= 0.6 is 11.6 Å². The molecule has 0 fully saturated rings. The van der Waals surface area contributed by atoms with Gasteiger partial charge in [0.1, 0.15) is 17.3 Å². The van der Waals surface area contributed by atoms with Crippen molar-refractivity contribution in [1.29, 1.82) is 0 Å². The molecule has 2 aromatic carbocycles. The summed E-state index contributed by atoms with van der Waals surface area (Å²) in [5, 5.41) is 6.51. The molecular weight excluding hydrogens is 378 g/mol. The van der Waals surface area contributed by atoms with Gasteiger partial charge in [0.2, 0.25) is 0 Å². The molecule has 3 aromatic rings. The zero-order chi connectivity index (χ0) is 19.9. The minimum Gasteiger partial charge on any atom is -0.497 e. The van der Waals surface area contributed by atoms with Gasteiger partial charge in [-0.1, -0.05) is 23.7 Å². The maximum atomic E-state index is 12.3. The number of pyridine rings is 1. The predicted octanol–water partition coefficient (Wildman–Crippen LogP) is 4.43. The van der Waals surface area contributed by atoms with E-state index in [0.29, 0.717) is 28.7 Å². The second-order valence-corrected chi connectivity index (χ2v) is 6.34. The van der Waals surface area contributed by atoms with Crippen molar-refractivity contribution in [3.63, 3.8) is 0 Å². The Labute approximate surface area is 168 Å². The topological polar surface area (TPSA) is 72.5 Å². The molecule has 0 saturated heterocycles. The number of carbonyl (C=O) groups is 1. The fraction of sp³-hybridized carbons (Fsp3) is 0.143. The number of aromatic nitrogens is 1. The molecule has 0 bridgehead atoms. The van der Waals surface area contributed by atoms with Crippen molar-refractivity contribution in [2.45, 2.75) is 6.54 Å². The van der Waals surface area contributed by atoms with Crippen LogP contribution in [0.4, 0.5) is 11.5 Å². The van der Waals surface area contributed by atoms with Crippen LogP contribution in [0.3, 0.4) is 0 Å². The normalized spacial score (nSPS) is 10.2. The Morgan fingerprint density at radius 2 is 1.82 bits per heavy atom. The molecule has 1 heterocycles. The summed E-state index contributed by atoms with van der Waals surface area (Å²) in [6.45, 7) is 0.424. The Kier molecular flexibility index (Phi) is 6.34. The van der Waals surface area contributed by atoms with Crippen LogP contribution in [0.2, 0.25) is 5.02 Å². The minimum absolute atomic E-state index is 0.192. The van der Waals surface area contributed by atoms with Gasteiger partial charge < -0.3 is 20.1 Å². The van der Waals surface area contributed by atoms with Gasteiger partial charge >= 0.3 is 0 Å². The second kappa shape index (κ2) is 9.10. The van der Waals surface area contributed by atoms with Crippen molar-refractivity contribution >= 4 is 29.0 Å². The Bertz CT molecular complexity index is 944. The molecule has 6 nitrogen and oxygen atoms in total. The molecule has 3 rings (SSSR count). The van der Waals surface area contributed by atoms with E-state index in [-0.39, 0.29) is 5.91 Å². The lowest BCUT2D eigenvalue weighted by atomic mass is 10.2. The molecule has 7 heteroatoms. The van der Waals surface area contributed by atoms with Gasteiger partial charge in [-0.05, 0) is 48.0 Å². The molecular formula is C21H20ClN3O3. The molecule has 0 unspecified atom stereocenters. The van der Waals surface area contributed by atoms with Gasteiger partial charge in [0.15, 0.2) is 0 Å². The average Bonchev–Trinajstić information content (AvgIpc) is 2.73. The van der Waals surface area contributed by atoms with Crippen LogP contribution in [0.25, 0.3) is 0 Å². The summed E-state index contributed by atoms with van der Waals surface area (Å²) in [5.74, 6) is 1.79. The molecule has 0 aliphatic carbocycles. The molecule has 0 aliphatic rings. The largest absolute Gasteiger partial charge is 0.497 e. The SMILES string of the molecule is COc1ccc(CNC(=O)c2ccc(Nc3ccc(OC)c(Cl)c3)nc2)cc1. The number of nitrogens with one attached hydrogen (secondary N) is 2. The molecule has 0 atom stereocenters. The first-order valence-electron chi connectivity index (χ1n) is 8.57. The first-order valence-corrected chi connectivity index (χ1v) is 8.94. The Morgan fingerprint density at radius 1 is 1.04 bits per heavy atom. The molecule has 1 amide bonds. The fourth-order valence-corrected chi connectivity index (χ4v) is 2.78. The average molecular weight is 398 g/mol. The second-order valence-electron chi connectivity index (χ2n) is 5.94. The smallest absolute Gasteiger partial charge is 0.253 e. The molecule has 0 radical (unpaired) electrons. The highest BCUT2D eigenvalue weighted by molar-refractivity contribution is 6.32. The number of hydrogen-bond acceptors (Lipinski definition) is 5. The predicted molar refractivity (Wildman–Crippen MR) is 110 cm³/mol. The van der Waals surface area contributed by atoms with E-state index < -0.39 is 0 Å². The Balaban J connectivity index is 1.58. The lowest BCUT2D eigenvalue weighted by Gasteiger charge is -2.09. The number of methoxy groups -OCH3 is 2. The molecule has 0 saturated carbocycles. The third-order valence-corrected chi connectivity index (χ3v) is 4.36. The van der Waals surface area contributed by atoms with Gasteiger partial charge in [0, 0.05) is 18.4 Å². The van der Waals surface area contributed by atoms with Crippen molar-refractivity contribution in [1.82, 2.24) is 10.3 Å². The zero-order valence-electron chi connectivity index (χ0n) is 15.5. The van der Waals surface area contributed by atoms with Crippen LogP contribution in [0, 0.1) is 0 Å². The summed E-state index contributed by atoms with van der Waals surface area (Å²) in [6, 6.07) is 16.3. The third kappa shape index (κ3) is 4.92. The lowest BCUT2D eigenvalue weighted by molar-refractivity contribution is 0.0950. The standard InChI is InChI=1S/C21H20ClN3O3/c1-27-17-7-3-14(4-8-17)12-24-21(26)15-5-10-20(23-13-15)25-16-6-9-19(28-2)18(22)11-16/h3-11,13H,12H2,1-2H3,(H,23,25)(H,24,26). The van der Waals surface area contributed by atoms with Gasteiger partial charge in [-0.25, -0.2) is 4.98 Å². The first kappa shape index (κ1) is 19.5. The van der Waals surface area contributed by atoms with Crippen molar-refractivity contribution < 1.29 is 14.3 Å². The Morgan fingerprint density at radius 3 is 2.43 bits per heavy atom. The van der Waals surface area contributed by atoms with Crippen LogP contribution in [-0.2, 0) is 6.54 Å². The van der Waals surface area contributed by atoms with Gasteiger partial charge in [-0.15, -0.1) is 0 Å². The summed E-state index contributed by atoms with van der Waals surface area (Å²) in [6.07, 6.45) is 1.52. The number of carbonyl (C=O) groups excluding carboxylic acids is 1. The summed E-state index contributed by atoms with van der Waals surface area (Å²) < 4.78 is 10.3. The monoisotopic (exact) mass is 397 g/mol. The maximum absolute atomic E-state index is 12.3. The van der Waals surface area contributed by atoms with E-state index in [0.717, 1.165) is 17.0 Å². The number of benzene rings is 2. The summed E-state index contributed by atoms with van der Waals surface area (Å²) in [5.41, 5.74) is 2.23. The highest BCUT2D eigenvalue weighted by Crippen LogP contribution is 2.28. The zero-order valence-corrected chi connectivity index (χ0v) is 16.3. The molecule has 144 valence electrons. The van der Waals surface area contributed by atoms with E-state index in [4.69, 9.17) is 21.1 Å². The molecule has 2 N–H and O–H groups in total. The van der Waals surface area contributed by atoms with Crippen molar-refractivity contribution in [2.24, 2.45) is 0 Å². The van der Waals surface area contributed by atoms with Crippen LogP contribution in [0.15, 0.2) is 60.8 Å². The molecule has 28 heavy (non-hydrogen) atoms. The number of amides is 1. The van der Waals surface area contributed by atoms with Crippen molar-refractivity contribution in [3.8, 4) is 11.5 Å². The highest BCUT2D eigenvalue weighted by atomic mass is 35.5. The molecule has 0 aliphatic heterocycles.